The van der Waals surface area contributed by atoms with E-state index in [-0.39, 0.29) is 11.5 Å². The van der Waals surface area contributed by atoms with Crippen LogP contribution in [0.15, 0.2) is 30.3 Å². The van der Waals surface area contributed by atoms with Gasteiger partial charge in [-0.15, -0.1) is 11.6 Å². The van der Waals surface area contributed by atoms with Gasteiger partial charge in [0.2, 0.25) is 0 Å². The van der Waals surface area contributed by atoms with Crippen LogP contribution in [0.1, 0.15) is 18.4 Å². The molecule has 0 saturated heterocycles. The molecule has 0 heterocycles. The van der Waals surface area contributed by atoms with Crippen molar-refractivity contribution in [3.8, 4) is 0 Å². The van der Waals surface area contributed by atoms with Gasteiger partial charge in [0, 0.05) is 12.1 Å². The zero-order chi connectivity index (χ0) is 12.3. The SMILES string of the molecule is COC(=O)C(Cl)C1(NCc2ccccc2)CC1. The normalized spacial score (nSPS) is 18.5. The highest BCUT2D eigenvalue weighted by atomic mass is 35.5. The number of hydrogen-bond acceptors (Lipinski definition) is 3. The number of alkyl halides is 1. The maximum atomic E-state index is 11.4. The van der Waals surface area contributed by atoms with Crippen molar-refractivity contribution in [2.24, 2.45) is 0 Å². The quantitative estimate of drug-likeness (QED) is 0.645. The van der Waals surface area contributed by atoms with Crippen LogP contribution in [-0.4, -0.2) is 24.0 Å². The second kappa shape index (κ2) is 5.07. The molecule has 0 amide bonds. The van der Waals surface area contributed by atoms with Crippen molar-refractivity contribution in [3.63, 3.8) is 0 Å². The van der Waals surface area contributed by atoms with Crippen molar-refractivity contribution in [2.45, 2.75) is 30.3 Å². The maximum absolute atomic E-state index is 11.4. The molecule has 0 aromatic heterocycles. The van der Waals surface area contributed by atoms with Crippen molar-refractivity contribution in [1.82, 2.24) is 5.32 Å². The second-order valence-corrected chi connectivity index (χ2v) is 4.82. The summed E-state index contributed by atoms with van der Waals surface area (Å²) in [6, 6.07) is 10.1. The molecule has 0 bridgehead atoms. The van der Waals surface area contributed by atoms with E-state index >= 15 is 0 Å². The van der Waals surface area contributed by atoms with Crippen molar-refractivity contribution in [2.75, 3.05) is 7.11 Å². The first-order valence-electron chi connectivity index (χ1n) is 5.69. The van der Waals surface area contributed by atoms with E-state index in [1.54, 1.807) is 0 Å². The first-order chi connectivity index (χ1) is 8.18. The van der Waals surface area contributed by atoms with Crippen LogP contribution in [0.2, 0.25) is 0 Å². The molecule has 1 aromatic rings. The molecule has 1 aliphatic carbocycles. The van der Waals surface area contributed by atoms with Crippen molar-refractivity contribution < 1.29 is 9.53 Å². The summed E-state index contributed by atoms with van der Waals surface area (Å²) in [7, 11) is 1.37. The summed E-state index contributed by atoms with van der Waals surface area (Å²) >= 11 is 6.11. The molecule has 4 heteroatoms. The van der Waals surface area contributed by atoms with Gasteiger partial charge in [-0.2, -0.15) is 0 Å². The average Bonchev–Trinajstić information content (AvgIpc) is 3.17. The zero-order valence-electron chi connectivity index (χ0n) is 9.78. The number of nitrogens with one attached hydrogen (secondary N) is 1. The summed E-state index contributed by atoms with van der Waals surface area (Å²) in [5, 5.41) is 2.77. The lowest BCUT2D eigenvalue weighted by Crippen LogP contribution is -2.43. The summed E-state index contributed by atoms with van der Waals surface area (Å²) in [6.07, 6.45) is 1.84. The lowest BCUT2D eigenvalue weighted by Gasteiger charge is -2.21. The van der Waals surface area contributed by atoms with Crippen LogP contribution >= 0.6 is 11.6 Å². The molecule has 2 rings (SSSR count). The molecule has 1 atom stereocenters. The van der Waals surface area contributed by atoms with Gasteiger partial charge in [0.25, 0.3) is 0 Å². The van der Waals surface area contributed by atoms with E-state index < -0.39 is 5.38 Å². The highest BCUT2D eigenvalue weighted by molar-refractivity contribution is 6.31. The fourth-order valence-corrected chi connectivity index (χ4v) is 2.24. The van der Waals surface area contributed by atoms with Gasteiger partial charge in [-0.1, -0.05) is 30.3 Å². The lowest BCUT2D eigenvalue weighted by molar-refractivity contribution is -0.141. The predicted octanol–water partition coefficient (Wildman–Crippen LogP) is 2.09. The van der Waals surface area contributed by atoms with E-state index in [1.165, 1.54) is 12.7 Å². The minimum atomic E-state index is -0.601. The highest BCUT2D eigenvalue weighted by Gasteiger charge is 2.52. The van der Waals surface area contributed by atoms with Crippen LogP contribution in [0.25, 0.3) is 0 Å². The standard InChI is InChI=1S/C13H16ClNO2/c1-17-12(16)11(14)13(7-8-13)15-9-10-5-3-2-4-6-10/h2-6,11,15H,7-9H2,1H3. The molecule has 1 N–H and O–H groups in total. The fraction of sp³-hybridized carbons (Fsp3) is 0.462. The molecular formula is C13H16ClNO2. The van der Waals surface area contributed by atoms with Crippen LogP contribution in [0.3, 0.4) is 0 Å². The van der Waals surface area contributed by atoms with Crippen molar-refractivity contribution in [3.05, 3.63) is 35.9 Å². The van der Waals surface area contributed by atoms with Gasteiger partial charge >= 0.3 is 5.97 Å². The van der Waals surface area contributed by atoms with Gasteiger partial charge in [-0.3, -0.25) is 4.79 Å². The lowest BCUT2D eigenvalue weighted by atomic mass is 10.1. The van der Waals surface area contributed by atoms with Crippen LogP contribution in [0, 0.1) is 0 Å². The first kappa shape index (κ1) is 12.4. The Balaban J connectivity index is 1.93. The molecule has 17 heavy (non-hydrogen) atoms. The molecule has 1 fully saturated rings. The number of halogens is 1. The van der Waals surface area contributed by atoms with E-state index in [0.29, 0.717) is 0 Å². The van der Waals surface area contributed by atoms with Gasteiger partial charge in [0.05, 0.1) is 7.11 Å². The number of hydrogen-bond donors (Lipinski definition) is 1. The highest BCUT2D eigenvalue weighted by Crippen LogP contribution is 2.42. The van der Waals surface area contributed by atoms with E-state index in [4.69, 9.17) is 11.6 Å². The van der Waals surface area contributed by atoms with Crippen LogP contribution in [-0.2, 0) is 16.1 Å². The summed E-state index contributed by atoms with van der Waals surface area (Å²) in [5.74, 6) is -0.357. The van der Waals surface area contributed by atoms with Gasteiger partial charge < -0.3 is 10.1 Å². The maximum Gasteiger partial charge on any atom is 0.325 e. The summed E-state index contributed by atoms with van der Waals surface area (Å²) in [5.41, 5.74) is 0.914. The summed E-state index contributed by atoms with van der Waals surface area (Å²) in [4.78, 5) is 11.4. The Morgan fingerprint density at radius 3 is 2.65 bits per heavy atom. The number of benzene rings is 1. The largest absolute Gasteiger partial charge is 0.468 e. The van der Waals surface area contributed by atoms with Crippen molar-refractivity contribution >= 4 is 17.6 Å². The Kier molecular flexibility index (Phi) is 3.69. The Morgan fingerprint density at radius 2 is 2.12 bits per heavy atom. The van der Waals surface area contributed by atoms with Crippen LogP contribution in [0.5, 0.6) is 0 Å². The number of rotatable bonds is 5. The Bertz CT molecular complexity index is 390. The summed E-state index contributed by atoms with van der Waals surface area (Å²) < 4.78 is 4.68. The number of ether oxygens (including phenoxy) is 1. The van der Waals surface area contributed by atoms with Gasteiger partial charge in [-0.25, -0.2) is 0 Å². The number of esters is 1. The number of carbonyl (C=O) groups is 1. The smallest absolute Gasteiger partial charge is 0.325 e. The third-order valence-corrected chi connectivity index (χ3v) is 3.77. The Labute approximate surface area is 106 Å². The molecule has 1 unspecified atom stereocenters. The molecule has 1 saturated carbocycles. The molecule has 0 spiro atoms. The first-order valence-corrected chi connectivity index (χ1v) is 6.12. The Hall–Kier alpha value is -1.06. The third kappa shape index (κ3) is 2.79. The molecule has 0 radical (unpaired) electrons. The molecule has 0 aliphatic heterocycles. The van der Waals surface area contributed by atoms with Crippen molar-refractivity contribution in [1.29, 1.82) is 0 Å². The van der Waals surface area contributed by atoms with Gasteiger partial charge in [0.1, 0.15) is 5.38 Å². The molecule has 3 nitrogen and oxygen atoms in total. The topological polar surface area (TPSA) is 38.3 Å². The number of carbonyl (C=O) groups excluding carboxylic acids is 1. The zero-order valence-corrected chi connectivity index (χ0v) is 10.5. The monoisotopic (exact) mass is 253 g/mol. The molecular weight excluding hydrogens is 238 g/mol. The molecule has 1 aromatic carbocycles. The second-order valence-electron chi connectivity index (χ2n) is 4.38. The molecule has 92 valence electrons. The minimum Gasteiger partial charge on any atom is -0.468 e. The van der Waals surface area contributed by atoms with E-state index in [1.807, 2.05) is 30.3 Å². The van der Waals surface area contributed by atoms with E-state index in [2.05, 4.69) is 10.1 Å². The number of methoxy groups -OCH3 is 1. The average molecular weight is 254 g/mol. The van der Waals surface area contributed by atoms with E-state index in [0.717, 1.165) is 19.4 Å². The third-order valence-electron chi connectivity index (χ3n) is 3.17. The van der Waals surface area contributed by atoms with E-state index in [9.17, 15) is 4.79 Å². The van der Waals surface area contributed by atoms with Gasteiger partial charge in [-0.05, 0) is 18.4 Å². The summed E-state index contributed by atoms with van der Waals surface area (Å²) in [6.45, 7) is 0.723. The van der Waals surface area contributed by atoms with Crippen LogP contribution < -0.4 is 5.32 Å². The minimum absolute atomic E-state index is 0.273. The van der Waals surface area contributed by atoms with Gasteiger partial charge in [0.15, 0.2) is 0 Å². The predicted molar refractivity (Wildman–Crippen MR) is 66.9 cm³/mol. The molecule has 1 aliphatic rings. The fourth-order valence-electron chi connectivity index (χ4n) is 1.86. The Morgan fingerprint density at radius 1 is 1.47 bits per heavy atom. The van der Waals surface area contributed by atoms with Crippen LogP contribution in [0.4, 0.5) is 0 Å².